The highest BCUT2D eigenvalue weighted by atomic mass is 79.9. The van der Waals surface area contributed by atoms with E-state index in [1.165, 1.54) is 0 Å². The maximum atomic E-state index is 11.7. The van der Waals surface area contributed by atoms with E-state index in [-0.39, 0.29) is 5.91 Å². The minimum atomic E-state index is -0.0997. The lowest BCUT2D eigenvalue weighted by Gasteiger charge is -2.09. The van der Waals surface area contributed by atoms with Crippen LogP contribution in [0, 0.1) is 17.2 Å². The van der Waals surface area contributed by atoms with Crippen LogP contribution in [-0.4, -0.2) is 17.8 Å². The van der Waals surface area contributed by atoms with Crippen LogP contribution in [0.2, 0.25) is 0 Å². The van der Waals surface area contributed by atoms with Gasteiger partial charge in [0.2, 0.25) is 0 Å². The third-order valence-corrected chi connectivity index (χ3v) is 3.26. The second kappa shape index (κ2) is 6.29. The molecule has 0 aliphatic carbocycles. The Kier molecular flexibility index (Phi) is 5.00. The number of benzene rings is 1. The quantitative estimate of drug-likeness (QED) is 0.861. The SMILES string of the molecule is CC(CBr)CNC(=O)c1ccc(C#N)cc1. The van der Waals surface area contributed by atoms with Gasteiger partial charge in [-0.2, -0.15) is 5.26 Å². The van der Waals surface area contributed by atoms with Gasteiger partial charge in [0, 0.05) is 17.4 Å². The summed E-state index contributed by atoms with van der Waals surface area (Å²) in [7, 11) is 0. The monoisotopic (exact) mass is 280 g/mol. The molecule has 0 heterocycles. The summed E-state index contributed by atoms with van der Waals surface area (Å²) in [6.07, 6.45) is 0. The molecule has 0 spiro atoms. The number of nitrogens with one attached hydrogen (secondary N) is 1. The van der Waals surface area contributed by atoms with Crippen LogP contribution in [0.3, 0.4) is 0 Å². The number of nitriles is 1. The molecular weight excluding hydrogens is 268 g/mol. The maximum absolute atomic E-state index is 11.7. The number of carbonyl (C=O) groups is 1. The highest BCUT2D eigenvalue weighted by Crippen LogP contribution is 2.04. The molecule has 0 aromatic heterocycles. The largest absolute Gasteiger partial charge is 0.352 e. The summed E-state index contributed by atoms with van der Waals surface area (Å²) in [5.41, 5.74) is 1.14. The van der Waals surface area contributed by atoms with Crippen molar-refractivity contribution in [1.82, 2.24) is 5.32 Å². The Bertz CT molecular complexity index is 394. The molecule has 0 radical (unpaired) electrons. The third-order valence-electron chi connectivity index (χ3n) is 2.15. The molecule has 0 aliphatic heterocycles. The molecule has 0 fully saturated rings. The maximum Gasteiger partial charge on any atom is 0.251 e. The lowest BCUT2D eigenvalue weighted by atomic mass is 10.1. The van der Waals surface area contributed by atoms with Crippen molar-refractivity contribution in [2.75, 3.05) is 11.9 Å². The summed E-state index contributed by atoms with van der Waals surface area (Å²) in [5, 5.41) is 12.3. The van der Waals surface area contributed by atoms with Crippen molar-refractivity contribution >= 4 is 21.8 Å². The van der Waals surface area contributed by atoms with Crippen LogP contribution in [0.4, 0.5) is 0 Å². The molecule has 0 aliphatic rings. The highest BCUT2D eigenvalue weighted by molar-refractivity contribution is 9.09. The van der Waals surface area contributed by atoms with E-state index in [2.05, 4.69) is 21.2 Å². The molecule has 1 amide bonds. The zero-order valence-corrected chi connectivity index (χ0v) is 10.6. The summed E-state index contributed by atoms with van der Waals surface area (Å²) in [6.45, 7) is 2.69. The van der Waals surface area contributed by atoms with Crippen molar-refractivity contribution in [2.24, 2.45) is 5.92 Å². The van der Waals surface area contributed by atoms with Crippen LogP contribution in [0.5, 0.6) is 0 Å². The fraction of sp³-hybridized carbons (Fsp3) is 0.333. The zero-order chi connectivity index (χ0) is 12.0. The number of amides is 1. The van der Waals surface area contributed by atoms with E-state index in [9.17, 15) is 4.79 Å². The van der Waals surface area contributed by atoms with Crippen molar-refractivity contribution in [3.63, 3.8) is 0 Å². The van der Waals surface area contributed by atoms with Crippen LogP contribution in [0.15, 0.2) is 24.3 Å². The molecule has 1 aromatic rings. The summed E-state index contributed by atoms with van der Waals surface area (Å²) in [5.74, 6) is 0.305. The summed E-state index contributed by atoms with van der Waals surface area (Å²) in [4.78, 5) is 11.7. The van der Waals surface area contributed by atoms with Crippen LogP contribution in [0.1, 0.15) is 22.8 Å². The van der Waals surface area contributed by atoms with E-state index >= 15 is 0 Å². The minimum absolute atomic E-state index is 0.0997. The molecule has 0 saturated carbocycles. The summed E-state index contributed by atoms with van der Waals surface area (Å²) in [6, 6.07) is 8.62. The van der Waals surface area contributed by atoms with E-state index in [4.69, 9.17) is 5.26 Å². The molecule has 3 nitrogen and oxygen atoms in total. The molecule has 1 rings (SSSR count). The van der Waals surface area contributed by atoms with Gasteiger partial charge in [0.05, 0.1) is 11.6 Å². The van der Waals surface area contributed by atoms with Gasteiger partial charge in [0.15, 0.2) is 0 Å². The molecule has 16 heavy (non-hydrogen) atoms. The molecule has 1 atom stereocenters. The van der Waals surface area contributed by atoms with Crippen LogP contribution in [-0.2, 0) is 0 Å². The lowest BCUT2D eigenvalue weighted by Crippen LogP contribution is -2.28. The Hall–Kier alpha value is -1.34. The number of hydrogen-bond acceptors (Lipinski definition) is 2. The number of alkyl halides is 1. The van der Waals surface area contributed by atoms with E-state index in [0.29, 0.717) is 23.6 Å². The molecule has 1 unspecified atom stereocenters. The summed E-state index contributed by atoms with van der Waals surface area (Å²) >= 11 is 3.35. The van der Waals surface area contributed by atoms with Gasteiger partial charge < -0.3 is 5.32 Å². The number of rotatable bonds is 4. The number of carbonyl (C=O) groups excluding carboxylic acids is 1. The highest BCUT2D eigenvalue weighted by Gasteiger charge is 2.06. The lowest BCUT2D eigenvalue weighted by molar-refractivity contribution is 0.0949. The molecular formula is C12H13BrN2O. The predicted octanol–water partition coefficient (Wildman–Crippen LogP) is 2.32. The van der Waals surface area contributed by atoms with E-state index in [1.54, 1.807) is 24.3 Å². The van der Waals surface area contributed by atoms with Gasteiger partial charge in [-0.25, -0.2) is 0 Å². The van der Waals surface area contributed by atoms with Crippen molar-refractivity contribution < 1.29 is 4.79 Å². The summed E-state index contributed by atoms with van der Waals surface area (Å²) < 4.78 is 0. The van der Waals surface area contributed by atoms with Crippen LogP contribution < -0.4 is 5.32 Å². The van der Waals surface area contributed by atoms with Crippen LogP contribution >= 0.6 is 15.9 Å². The van der Waals surface area contributed by atoms with Crippen molar-refractivity contribution in [2.45, 2.75) is 6.92 Å². The molecule has 1 N–H and O–H groups in total. The first-order chi connectivity index (χ1) is 7.67. The molecule has 0 saturated heterocycles. The van der Waals surface area contributed by atoms with Gasteiger partial charge >= 0.3 is 0 Å². The molecule has 0 bridgehead atoms. The second-order valence-electron chi connectivity index (χ2n) is 3.66. The smallest absolute Gasteiger partial charge is 0.251 e. The van der Waals surface area contributed by atoms with Gasteiger partial charge in [0.25, 0.3) is 5.91 Å². The number of halogens is 1. The molecule has 4 heteroatoms. The predicted molar refractivity (Wildman–Crippen MR) is 66.4 cm³/mol. The zero-order valence-electron chi connectivity index (χ0n) is 9.03. The Morgan fingerprint density at radius 1 is 1.50 bits per heavy atom. The van der Waals surface area contributed by atoms with Gasteiger partial charge in [-0.15, -0.1) is 0 Å². The normalized spacial score (nSPS) is 11.6. The minimum Gasteiger partial charge on any atom is -0.352 e. The Morgan fingerprint density at radius 3 is 2.62 bits per heavy atom. The van der Waals surface area contributed by atoms with E-state index < -0.39 is 0 Å². The third kappa shape index (κ3) is 3.67. The number of hydrogen-bond donors (Lipinski definition) is 1. The average molecular weight is 281 g/mol. The van der Waals surface area contributed by atoms with Gasteiger partial charge in [-0.1, -0.05) is 22.9 Å². The van der Waals surface area contributed by atoms with E-state index in [1.807, 2.05) is 13.0 Å². The fourth-order valence-corrected chi connectivity index (χ4v) is 1.35. The van der Waals surface area contributed by atoms with Gasteiger partial charge in [0.1, 0.15) is 0 Å². The Balaban J connectivity index is 2.57. The van der Waals surface area contributed by atoms with Crippen molar-refractivity contribution in [1.29, 1.82) is 5.26 Å². The first-order valence-electron chi connectivity index (χ1n) is 5.01. The standard InChI is InChI=1S/C12H13BrN2O/c1-9(6-13)8-15-12(16)11-4-2-10(7-14)3-5-11/h2-5,9H,6,8H2,1H3,(H,15,16). The van der Waals surface area contributed by atoms with Crippen molar-refractivity contribution in [3.05, 3.63) is 35.4 Å². The Labute approximate surface area is 104 Å². The average Bonchev–Trinajstić information content (AvgIpc) is 2.35. The molecule has 1 aromatic carbocycles. The van der Waals surface area contributed by atoms with E-state index in [0.717, 1.165) is 5.33 Å². The molecule has 84 valence electrons. The van der Waals surface area contributed by atoms with Gasteiger partial charge in [-0.05, 0) is 30.2 Å². The first kappa shape index (κ1) is 12.7. The van der Waals surface area contributed by atoms with Crippen molar-refractivity contribution in [3.8, 4) is 6.07 Å². The Morgan fingerprint density at radius 2 is 2.12 bits per heavy atom. The second-order valence-corrected chi connectivity index (χ2v) is 4.31. The number of nitrogens with zero attached hydrogens (tertiary/aromatic N) is 1. The van der Waals surface area contributed by atoms with Crippen LogP contribution in [0.25, 0.3) is 0 Å². The topological polar surface area (TPSA) is 52.9 Å². The first-order valence-corrected chi connectivity index (χ1v) is 6.14. The van der Waals surface area contributed by atoms with Gasteiger partial charge in [-0.3, -0.25) is 4.79 Å². The fourth-order valence-electron chi connectivity index (χ4n) is 1.12.